The first kappa shape index (κ1) is 12.7. The number of nitrogens with one attached hydrogen (secondary N) is 1. The van der Waals surface area contributed by atoms with Crippen LogP contribution >= 0.6 is 0 Å². The standard InChI is InChI=1S/C7H7NO.C4H11N/c8-7(9)6-4-2-1-3-5-6;1-3-5-4-2/h1-5H,(H2,8,9);5H,3-4H2,1-2H3. The Morgan fingerprint density at radius 1 is 1.21 bits per heavy atom. The van der Waals surface area contributed by atoms with Crippen LogP contribution in [-0.4, -0.2) is 19.0 Å². The number of primary amides is 1. The number of rotatable bonds is 3. The van der Waals surface area contributed by atoms with E-state index in [4.69, 9.17) is 5.73 Å². The van der Waals surface area contributed by atoms with Crippen molar-refractivity contribution >= 4 is 5.91 Å². The third-order valence-electron chi connectivity index (χ3n) is 1.56. The van der Waals surface area contributed by atoms with Crippen LogP contribution < -0.4 is 11.1 Å². The van der Waals surface area contributed by atoms with E-state index in [0.717, 1.165) is 13.1 Å². The first-order valence-corrected chi connectivity index (χ1v) is 4.77. The number of benzene rings is 1. The van der Waals surface area contributed by atoms with E-state index in [-0.39, 0.29) is 5.91 Å². The van der Waals surface area contributed by atoms with Crippen molar-refractivity contribution in [1.29, 1.82) is 0 Å². The molecule has 1 rings (SSSR count). The zero-order valence-electron chi connectivity index (χ0n) is 8.79. The van der Waals surface area contributed by atoms with Crippen LogP contribution in [0.4, 0.5) is 0 Å². The number of hydrogen-bond acceptors (Lipinski definition) is 2. The van der Waals surface area contributed by atoms with E-state index in [1.807, 2.05) is 6.07 Å². The molecule has 0 fully saturated rings. The van der Waals surface area contributed by atoms with Crippen LogP contribution in [0.25, 0.3) is 0 Å². The van der Waals surface area contributed by atoms with Crippen LogP contribution in [0.15, 0.2) is 30.3 Å². The van der Waals surface area contributed by atoms with E-state index in [9.17, 15) is 4.79 Å². The van der Waals surface area contributed by atoms with Gasteiger partial charge in [-0.3, -0.25) is 4.79 Å². The molecule has 3 heteroatoms. The Bertz CT molecular complexity index is 245. The summed E-state index contributed by atoms with van der Waals surface area (Å²) in [4.78, 5) is 10.4. The van der Waals surface area contributed by atoms with Gasteiger partial charge >= 0.3 is 0 Å². The van der Waals surface area contributed by atoms with Crippen LogP contribution in [0.5, 0.6) is 0 Å². The zero-order valence-corrected chi connectivity index (χ0v) is 8.79. The average Bonchev–Trinajstić information content (AvgIpc) is 2.21. The van der Waals surface area contributed by atoms with Gasteiger partial charge in [-0.1, -0.05) is 32.0 Å². The Labute approximate surface area is 85.3 Å². The normalized spacial score (nSPS) is 8.71. The van der Waals surface area contributed by atoms with Crippen LogP contribution in [0.3, 0.4) is 0 Å². The summed E-state index contributed by atoms with van der Waals surface area (Å²) in [7, 11) is 0. The van der Waals surface area contributed by atoms with E-state index >= 15 is 0 Å². The fraction of sp³-hybridized carbons (Fsp3) is 0.364. The maximum atomic E-state index is 10.4. The van der Waals surface area contributed by atoms with Gasteiger partial charge in [-0.25, -0.2) is 0 Å². The predicted molar refractivity (Wildman–Crippen MR) is 59.2 cm³/mol. The van der Waals surface area contributed by atoms with E-state index in [1.165, 1.54) is 0 Å². The molecule has 1 aromatic carbocycles. The second kappa shape index (κ2) is 8.26. The largest absolute Gasteiger partial charge is 0.366 e. The molecule has 0 radical (unpaired) electrons. The lowest BCUT2D eigenvalue weighted by atomic mass is 10.2. The lowest BCUT2D eigenvalue weighted by molar-refractivity contribution is 0.100. The number of carbonyl (C=O) groups excluding carboxylic acids is 1. The van der Waals surface area contributed by atoms with Crippen molar-refractivity contribution in [1.82, 2.24) is 5.32 Å². The van der Waals surface area contributed by atoms with E-state index < -0.39 is 0 Å². The molecule has 0 spiro atoms. The van der Waals surface area contributed by atoms with Gasteiger partial charge in [0.25, 0.3) is 0 Å². The van der Waals surface area contributed by atoms with Gasteiger partial charge in [-0.15, -0.1) is 0 Å². The summed E-state index contributed by atoms with van der Waals surface area (Å²) in [5.74, 6) is -0.379. The number of nitrogens with two attached hydrogens (primary N) is 1. The Morgan fingerprint density at radius 2 is 1.71 bits per heavy atom. The zero-order chi connectivity index (χ0) is 10.8. The molecule has 0 aliphatic heterocycles. The monoisotopic (exact) mass is 194 g/mol. The van der Waals surface area contributed by atoms with Crippen molar-refractivity contribution in [2.45, 2.75) is 13.8 Å². The molecule has 0 saturated heterocycles. The van der Waals surface area contributed by atoms with E-state index in [2.05, 4.69) is 19.2 Å². The van der Waals surface area contributed by atoms with E-state index in [0.29, 0.717) is 5.56 Å². The second-order valence-corrected chi connectivity index (χ2v) is 2.69. The van der Waals surface area contributed by atoms with Crippen LogP contribution in [0.2, 0.25) is 0 Å². The van der Waals surface area contributed by atoms with Crippen molar-refractivity contribution in [3.8, 4) is 0 Å². The Kier molecular flexibility index (Phi) is 7.46. The highest BCUT2D eigenvalue weighted by molar-refractivity contribution is 5.92. The number of amides is 1. The molecule has 3 N–H and O–H groups in total. The van der Waals surface area contributed by atoms with Gasteiger partial charge in [0.05, 0.1) is 0 Å². The highest BCUT2D eigenvalue weighted by atomic mass is 16.1. The van der Waals surface area contributed by atoms with Crippen LogP contribution in [-0.2, 0) is 0 Å². The minimum absolute atomic E-state index is 0.379. The summed E-state index contributed by atoms with van der Waals surface area (Å²) in [6.45, 7) is 6.39. The molecule has 78 valence electrons. The highest BCUT2D eigenvalue weighted by Gasteiger charge is 1.93. The van der Waals surface area contributed by atoms with Gasteiger partial charge in [-0.05, 0) is 25.2 Å². The van der Waals surface area contributed by atoms with Gasteiger partial charge in [0, 0.05) is 5.56 Å². The maximum absolute atomic E-state index is 10.4. The molecule has 0 aliphatic rings. The van der Waals surface area contributed by atoms with Crippen molar-refractivity contribution in [3.05, 3.63) is 35.9 Å². The average molecular weight is 194 g/mol. The molecule has 1 amide bonds. The van der Waals surface area contributed by atoms with Crippen molar-refractivity contribution < 1.29 is 4.79 Å². The van der Waals surface area contributed by atoms with Gasteiger partial charge in [0.1, 0.15) is 0 Å². The Morgan fingerprint density at radius 3 is 1.93 bits per heavy atom. The lowest BCUT2D eigenvalue weighted by Crippen LogP contribution is -2.09. The smallest absolute Gasteiger partial charge is 0.248 e. The topological polar surface area (TPSA) is 55.1 Å². The highest BCUT2D eigenvalue weighted by Crippen LogP contribution is 1.94. The molecule has 0 unspecified atom stereocenters. The molecular formula is C11H18N2O. The first-order valence-electron chi connectivity index (χ1n) is 4.77. The molecule has 0 saturated carbocycles. The lowest BCUT2D eigenvalue weighted by Gasteiger charge is -1.89. The molecule has 0 heterocycles. The maximum Gasteiger partial charge on any atom is 0.248 e. The minimum atomic E-state index is -0.379. The second-order valence-electron chi connectivity index (χ2n) is 2.69. The first-order chi connectivity index (χ1) is 6.72. The van der Waals surface area contributed by atoms with Gasteiger partial charge in [0.2, 0.25) is 5.91 Å². The molecule has 0 atom stereocenters. The number of carbonyl (C=O) groups is 1. The van der Waals surface area contributed by atoms with E-state index in [1.54, 1.807) is 24.3 Å². The number of hydrogen-bond donors (Lipinski definition) is 2. The van der Waals surface area contributed by atoms with Gasteiger partial charge in [0.15, 0.2) is 0 Å². The fourth-order valence-corrected chi connectivity index (χ4v) is 0.852. The molecule has 14 heavy (non-hydrogen) atoms. The third kappa shape index (κ3) is 6.20. The predicted octanol–water partition coefficient (Wildman–Crippen LogP) is 1.40. The Balaban J connectivity index is 0.000000292. The summed E-state index contributed by atoms with van der Waals surface area (Å²) < 4.78 is 0. The van der Waals surface area contributed by atoms with Gasteiger partial charge in [-0.2, -0.15) is 0 Å². The minimum Gasteiger partial charge on any atom is -0.366 e. The van der Waals surface area contributed by atoms with Gasteiger partial charge < -0.3 is 11.1 Å². The summed E-state index contributed by atoms with van der Waals surface area (Å²) in [5, 5.41) is 3.11. The molecule has 0 aromatic heterocycles. The Hall–Kier alpha value is -1.35. The summed E-state index contributed by atoms with van der Waals surface area (Å²) in [6, 6.07) is 8.76. The van der Waals surface area contributed by atoms with Crippen LogP contribution in [0.1, 0.15) is 24.2 Å². The molecule has 1 aromatic rings. The van der Waals surface area contributed by atoms with Crippen LogP contribution in [0, 0.1) is 0 Å². The summed E-state index contributed by atoms with van der Waals surface area (Å²) in [5.41, 5.74) is 5.53. The SMILES string of the molecule is CCNCC.NC(=O)c1ccccc1. The fourth-order valence-electron chi connectivity index (χ4n) is 0.852. The quantitative estimate of drug-likeness (QED) is 0.764. The molecular weight excluding hydrogens is 176 g/mol. The summed E-state index contributed by atoms with van der Waals surface area (Å²) >= 11 is 0. The molecule has 3 nitrogen and oxygen atoms in total. The van der Waals surface area contributed by atoms with Crippen molar-refractivity contribution in [2.24, 2.45) is 5.73 Å². The van der Waals surface area contributed by atoms with Crippen molar-refractivity contribution in [2.75, 3.05) is 13.1 Å². The van der Waals surface area contributed by atoms with Crippen molar-refractivity contribution in [3.63, 3.8) is 0 Å². The molecule has 0 aliphatic carbocycles. The summed E-state index contributed by atoms with van der Waals surface area (Å²) in [6.07, 6.45) is 0. The molecule has 0 bridgehead atoms. The third-order valence-corrected chi connectivity index (χ3v) is 1.56.